The number of hydrogen-bond donors (Lipinski definition) is 2. The molecule has 0 spiro atoms. The van der Waals surface area contributed by atoms with Crippen LogP contribution in [0.25, 0.3) is 10.9 Å². The number of nitrogens with zero attached hydrogens (tertiary/aromatic N) is 1. The van der Waals surface area contributed by atoms with Gasteiger partial charge in [-0.25, -0.2) is 13.1 Å². The summed E-state index contributed by atoms with van der Waals surface area (Å²) in [6.07, 6.45) is 4.95. The second-order valence-corrected chi connectivity index (χ2v) is 7.95. The van der Waals surface area contributed by atoms with Crippen molar-refractivity contribution in [3.63, 3.8) is 0 Å². The van der Waals surface area contributed by atoms with Crippen molar-refractivity contribution >= 4 is 33.3 Å². The van der Waals surface area contributed by atoms with Gasteiger partial charge in [-0.3, -0.25) is 4.98 Å². The van der Waals surface area contributed by atoms with Crippen LogP contribution in [0.5, 0.6) is 0 Å². The molecule has 1 aromatic carbocycles. The van der Waals surface area contributed by atoms with Gasteiger partial charge in [0.1, 0.15) is 0 Å². The Morgan fingerprint density at radius 1 is 1.25 bits per heavy atom. The van der Waals surface area contributed by atoms with Gasteiger partial charge in [0.15, 0.2) is 0 Å². The highest BCUT2D eigenvalue weighted by Gasteiger charge is 2.16. The largest absolute Gasteiger partial charge is 0.316 e. The Balaban J connectivity index is 0.00000208. The summed E-state index contributed by atoms with van der Waals surface area (Å²) in [4.78, 5) is 4.32. The highest BCUT2D eigenvalue weighted by atomic mass is 35.5. The molecule has 1 aliphatic heterocycles. The molecule has 24 heavy (non-hydrogen) atoms. The van der Waals surface area contributed by atoms with Gasteiger partial charge in [0.2, 0.25) is 10.0 Å². The van der Waals surface area contributed by atoms with Gasteiger partial charge >= 0.3 is 0 Å². The number of benzene rings is 1. The lowest BCUT2D eigenvalue weighted by atomic mass is 9.96. The van der Waals surface area contributed by atoms with E-state index in [1.165, 1.54) is 12.8 Å². The van der Waals surface area contributed by atoms with Gasteiger partial charge in [-0.2, -0.15) is 0 Å². The molecule has 1 atom stereocenters. The zero-order valence-electron chi connectivity index (χ0n) is 13.6. The van der Waals surface area contributed by atoms with Gasteiger partial charge in [0, 0.05) is 18.1 Å². The summed E-state index contributed by atoms with van der Waals surface area (Å²) >= 11 is 0. The maximum absolute atomic E-state index is 12.3. The summed E-state index contributed by atoms with van der Waals surface area (Å²) in [5, 5.41) is 4.32. The van der Waals surface area contributed by atoms with Crippen molar-refractivity contribution in [2.24, 2.45) is 5.92 Å². The molecule has 1 fully saturated rings. The Morgan fingerprint density at radius 3 is 2.88 bits per heavy atom. The predicted octanol–water partition coefficient (Wildman–Crippen LogP) is 2.47. The van der Waals surface area contributed by atoms with Crippen LogP contribution in [0, 0.1) is 5.92 Å². The van der Waals surface area contributed by atoms with Crippen molar-refractivity contribution in [1.82, 2.24) is 15.0 Å². The summed E-state index contributed by atoms with van der Waals surface area (Å²) in [6.45, 7) is 2.58. The summed E-state index contributed by atoms with van der Waals surface area (Å²) < 4.78 is 27.4. The van der Waals surface area contributed by atoms with E-state index in [9.17, 15) is 8.42 Å². The molecule has 2 aromatic rings. The lowest BCUT2D eigenvalue weighted by Gasteiger charge is -2.22. The number of pyridine rings is 1. The number of halogens is 1. The summed E-state index contributed by atoms with van der Waals surface area (Å²) in [6, 6.07) is 9.46. The number of para-hydroxylation sites is 1. The van der Waals surface area contributed by atoms with Gasteiger partial charge in [-0.15, -0.1) is 12.4 Å². The van der Waals surface area contributed by atoms with Crippen LogP contribution in [0.3, 0.4) is 0 Å². The first-order valence-corrected chi connectivity index (χ1v) is 9.80. The molecular weight excluding hydrogens is 346 g/mol. The molecule has 0 amide bonds. The van der Waals surface area contributed by atoms with E-state index in [-0.39, 0.29) is 18.2 Å². The first-order valence-electron chi connectivity index (χ1n) is 8.15. The number of nitrogens with one attached hydrogen (secondary N) is 2. The van der Waals surface area contributed by atoms with Crippen LogP contribution < -0.4 is 10.0 Å². The molecule has 0 aliphatic carbocycles. The maximum atomic E-state index is 12.3. The van der Waals surface area contributed by atoms with Crippen molar-refractivity contribution in [1.29, 1.82) is 0 Å². The normalized spacial score (nSPS) is 18.2. The molecule has 0 radical (unpaired) electrons. The Kier molecular flexibility index (Phi) is 6.98. The lowest BCUT2D eigenvalue weighted by Crippen LogP contribution is -2.33. The smallest absolute Gasteiger partial charge is 0.215 e. The Morgan fingerprint density at radius 2 is 2.08 bits per heavy atom. The molecule has 3 rings (SSSR count). The van der Waals surface area contributed by atoms with Crippen molar-refractivity contribution in [2.75, 3.05) is 19.6 Å². The monoisotopic (exact) mass is 369 g/mol. The first kappa shape index (κ1) is 19.1. The number of piperidine rings is 1. The predicted molar refractivity (Wildman–Crippen MR) is 99.8 cm³/mol. The fourth-order valence-corrected chi connectivity index (χ4v) is 4.30. The lowest BCUT2D eigenvalue weighted by molar-refractivity contribution is 0.358. The third-order valence-electron chi connectivity index (χ3n) is 4.34. The summed E-state index contributed by atoms with van der Waals surface area (Å²) in [5.74, 6) is 0.551. The summed E-state index contributed by atoms with van der Waals surface area (Å²) in [5.41, 5.74) is 1.51. The van der Waals surface area contributed by atoms with Crippen LogP contribution >= 0.6 is 12.4 Å². The zero-order valence-corrected chi connectivity index (χ0v) is 15.2. The number of aromatic nitrogens is 1. The minimum Gasteiger partial charge on any atom is -0.316 e. The molecule has 132 valence electrons. The van der Waals surface area contributed by atoms with E-state index in [1.54, 1.807) is 6.20 Å². The topological polar surface area (TPSA) is 71.1 Å². The molecule has 0 saturated carbocycles. The molecule has 1 aromatic heterocycles. The maximum Gasteiger partial charge on any atom is 0.215 e. The molecule has 1 aliphatic rings. The van der Waals surface area contributed by atoms with Crippen LogP contribution in [0.4, 0.5) is 0 Å². The minimum absolute atomic E-state index is 0. The number of rotatable bonds is 6. The molecule has 0 bridgehead atoms. The number of sulfonamides is 1. The average Bonchev–Trinajstić information content (AvgIpc) is 2.56. The average molecular weight is 370 g/mol. The van der Waals surface area contributed by atoms with Crippen molar-refractivity contribution < 1.29 is 8.42 Å². The highest BCUT2D eigenvalue weighted by molar-refractivity contribution is 7.88. The molecule has 1 unspecified atom stereocenters. The Labute approximate surface area is 149 Å². The van der Waals surface area contributed by atoms with E-state index >= 15 is 0 Å². The van der Waals surface area contributed by atoms with Gasteiger partial charge in [-0.05, 0) is 49.9 Å². The second kappa shape index (κ2) is 8.76. The Bertz CT molecular complexity index is 756. The fraction of sp³-hybridized carbons (Fsp3) is 0.471. The molecular formula is C17H24ClN3O2S. The van der Waals surface area contributed by atoms with Crippen molar-refractivity contribution in [3.8, 4) is 0 Å². The molecule has 7 heteroatoms. The second-order valence-electron chi connectivity index (χ2n) is 6.15. The van der Waals surface area contributed by atoms with Gasteiger partial charge in [0.05, 0.1) is 11.3 Å². The quantitative estimate of drug-likeness (QED) is 0.820. The van der Waals surface area contributed by atoms with E-state index in [0.29, 0.717) is 12.5 Å². The third kappa shape index (κ3) is 5.14. The van der Waals surface area contributed by atoms with E-state index in [4.69, 9.17) is 0 Å². The third-order valence-corrected chi connectivity index (χ3v) is 5.67. The van der Waals surface area contributed by atoms with Crippen LogP contribution in [0.2, 0.25) is 0 Å². The Hall–Kier alpha value is -1.21. The van der Waals surface area contributed by atoms with Crippen LogP contribution in [0.15, 0.2) is 36.5 Å². The van der Waals surface area contributed by atoms with E-state index < -0.39 is 10.0 Å². The van der Waals surface area contributed by atoms with E-state index in [2.05, 4.69) is 15.0 Å². The van der Waals surface area contributed by atoms with Crippen LogP contribution in [-0.4, -0.2) is 33.0 Å². The molecule has 1 saturated heterocycles. The minimum atomic E-state index is -3.34. The van der Waals surface area contributed by atoms with Gasteiger partial charge in [-0.1, -0.05) is 24.3 Å². The molecule has 2 heterocycles. The van der Waals surface area contributed by atoms with E-state index in [1.807, 2.05) is 30.3 Å². The summed E-state index contributed by atoms with van der Waals surface area (Å²) in [7, 11) is -3.34. The first-order chi connectivity index (χ1) is 11.1. The standard InChI is InChI=1S/C17H23N3O2S.ClH/c21-23(22,20-11-8-14-4-2-9-18-12-14)13-16-6-1-5-15-7-3-10-19-17(15)16;/h1,3,5-7,10,14,18,20H,2,4,8-9,11-13H2;1H. The van der Waals surface area contributed by atoms with Crippen molar-refractivity contribution in [3.05, 3.63) is 42.1 Å². The van der Waals surface area contributed by atoms with Crippen molar-refractivity contribution in [2.45, 2.75) is 25.0 Å². The van der Waals surface area contributed by atoms with Crippen LogP contribution in [0.1, 0.15) is 24.8 Å². The SMILES string of the molecule is Cl.O=S(=O)(Cc1cccc2cccnc12)NCCC1CCCNC1. The highest BCUT2D eigenvalue weighted by Crippen LogP contribution is 2.18. The number of hydrogen-bond acceptors (Lipinski definition) is 4. The van der Waals surface area contributed by atoms with Crippen LogP contribution in [-0.2, 0) is 15.8 Å². The molecule has 2 N–H and O–H groups in total. The molecule has 5 nitrogen and oxygen atoms in total. The fourth-order valence-electron chi connectivity index (χ4n) is 3.13. The van der Waals surface area contributed by atoms with Gasteiger partial charge in [0.25, 0.3) is 0 Å². The number of fused-ring (bicyclic) bond motifs is 1. The van der Waals surface area contributed by atoms with Gasteiger partial charge < -0.3 is 5.32 Å². The zero-order chi connectivity index (χ0) is 16.1. The van der Waals surface area contributed by atoms with E-state index in [0.717, 1.165) is 36.0 Å².